The van der Waals surface area contributed by atoms with Gasteiger partial charge in [-0.1, -0.05) is 6.42 Å². The fourth-order valence-corrected chi connectivity index (χ4v) is 2.81. The van der Waals surface area contributed by atoms with Crippen LogP contribution in [0.4, 0.5) is 0 Å². The van der Waals surface area contributed by atoms with Crippen molar-refractivity contribution in [1.29, 1.82) is 0 Å². The summed E-state index contributed by atoms with van der Waals surface area (Å²) in [5.74, 6) is 0. The lowest BCUT2D eigenvalue weighted by atomic mass is 9.90. The first kappa shape index (κ1) is 10.4. The molecule has 2 N–H and O–H groups in total. The Bertz CT molecular complexity index is 166. The maximum absolute atomic E-state index is 3.43. The standard InChI is InChI=1S/C11H23N3/c1-12-10-3-2-4-11(9-10)14-7-5-13-6-8-14/h10-13H,2-9H2,1H3/t10-,11+/m1/s1. The van der Waals surface area contributed by atoms with Crippen molar-refractivity contribution >= 4 is 0 Å². The Morgan fingerprint density at radius 2 is 2.00 bits per heavy atom. The van der Waals surface area contributed by atoms with E-state index in [1.54, 1.807) is 0 Å². The molecule has 0 aromatic rings. The summed E-state index contributed by atoms with van der Waals surface area (Å²) >= 11 is 0. The minimum atomic E-state index is 0.767. The number of nitrogens with zero attached hydrogens (tertiary/aromatic N) is 1. The molecular formula is C11H23N3. The number of rotatable bonds is 2. The molecule has 0 amide bonds. The third kappa shape index (κ3) is 2.47. The molecule has 2 atom stereocenters. The molecule has 2 aliphatic rings. The Morgan fingerprint density at radius 3 is 2.71 bits per heavy atom. The number of hydrogen-bond donors (Lipinski definition) is 2. The van der Waals surface area contributed by atoms with Crippen molar-refractivity contribution in [2.75, 3.05) is 33.2 Å². The number of nitrogens with one attached hydrogen (secondary N) is 2. The van der Waals surface area contributed by atoms with E-state index in [4.69, 9.17) is 0 Å². The summed E-state index contributed by atoms with van der Waals surface area (Å²) in [4.78, 5) is 2.68. The maximum Gasteiger partial charge on any atom is 0.0111 e. The van der Waals surface area contributed by atoms with Gasteiger partial charge in [0.1, 0.15) is 0 Å². The first-order chi connectivity index (χ1) is 6.90. The van der Waals surface area contributed by atoms with Crippen LogP contribution in [-0.4, -0.2) is 50.2 Å². The summed E-state index contributed by atoms with van der Waals surface area (Å²) in [5.41, 5.74) is 0. The van der Waals surface area contributed by atoms with Crippen molar-refractivity contribution in [1.82, 2.24) is 15.5 Å². The first-order valence-electron chi connectivity index (χ1n) is 6.02. The van der Waals surface area contributed by atoms with Gasteiger partial charge in [0, 0.05) is 38.3 Å². The molecule has 1 saturated heterocycles. The molecule has 1 heterocycles. The van der Waals surface area contributed by atoms with E-state index in [1.807, 2.05) is 0 Å². The van der Waals surface area contributed by atoms with E-state index in [0.717, 1.165) is 12.1 Å². The van der Waals surface area contributed by atoms with Crippen molar-refractivity contribution in [2.24, 2.45) is 0 Å². The molecular weight excluding hydrogens is 174 g/mol. The smallest absolute Gasteiger partial charge is 0.0111 e. The Hall–Kier alpha value is -0.120. The van der Waals surface area contributed by atoms with Crippen LogP contribution in [0.3, 0.4) is 0 Å². The van der Waals surface area contributed by atoms with Crippen LogP contribution in [0, 0.1) is 0 Å². The van der Waals surface area contributed by atoms with Crippen LogP contribution >= 0.6 is 0 Å². The molecule has 2 fully saturated rings. The van der Waals surface area contributed by atoms with E-state index in [1.165, 1.54) is 51.9 Å². The molecule has 2 rings (SSSR count). The van der Waals surface area contributed by atoms with Gasteiger partial charge in [-0.3, -0.25) is 4.90 Å². The highest BCUT2D eigenvalue weighted by molar-refractivity contribution is 4.85. The summed E-state index contributed by atoms with van der Waals surface area (Å²) in [6, 6.07) is 1.62. The van der Waals surface area contributed by atoms with Gasteiger partial charge in [-0.05, 0) is 26.3 Å². The molecule has 14 heavy (non-hydrogen) atoms. The van der Waals surface area contributed by atoms with E-state index in [-0.39, 0.29) is 0 Å². The van der Waals surface area contributed by atoms with Crippen LogP contribution in [0.1, 0.15) is 25.7 Å². The lowest BCUT2D eigenvalue weighted by Crippen LogP contribution is -2.51. The van der Waals surface area contributed by atoms with Gasteiger partial charge >= 0.3 is 0 Å². The molecule has 1 aliphatic carbocycles. The van der Waals surface area contributed by atoms with Gasteiger partial charge in [-0.15, -0.1) is 0 Å². The predicted molar refractivity (Wildman–Crippen MR) is 59.5 cm³/mol. The molecule has 0 unspecified atom stereocenters. The topological polar surface area (TPSA) is 27.3 Å². The third-order valence-corrected chi connectivity index (χ3v) is 3.72. The van der Waals surface area contributed by atoms with Crippen molar-refractivity contribution in [3.05, 3.63) is 0 Å². The van der Waals surface area contributed by atoms with Gasteiger partial charge in [0.2, 0.25) is 0 Å². The van der Waals surface area contributed by atoms with Crippen molar-refractivity contribution in [3.63, 3.8) is 0 Å². The normalized spacial score (nSPS) is 35.8. The molecule has 1 aliphatic heterocycles. The van der Waals surface area contributed by atoms with Gasteiger partial charge in [-0.2, -0.15) is 0 Å². The summed E-state index contributed by atoms with van der Waals surface area (Å²) in [6.45, 7) is 4.86. The highest BCUT2D eigenvalue weighted by Gasteiger charge is 2.26. The van der Waals surface area contributed by atoms with Crippen LogP contribution in [-0.2, 0) is 0 Å². The molecule has 1 saturated carbocycles. The summed E-state index contributed by atoms with van der Waals surface area (Å²) in [7, 11) is 2.10. The zero-order chi connectivity index (χ0) is 9.80. The lowest BCUT2D eigenvalue weighted by molar-refractivity contribution is 0.126. The van der Waals surface area contributed by atoms with Crippen molar-refractivity contribution < 1.29 is 0 Å². The minimum Gasteiger partial charge on any atom is -0.317 e. The largest absolute Gasteiger partial charge is 0.317 e. The highest BCUT2D eigenvalue weighted by atomic mass is 15.2. The Morgan fingerprint density at radius 1 is 1.21 bits per heavy atom. The molecule has 82 valence electrons. The third-order valence-electron chi connectivity index (χ3n) is 3.72. The lowest BCUT2D eigenvalue weighted by Gasteiger charge is -2.39. The Balaban J connectivity index is 1.83. The van der Waals surface area contributed by atoms with Crippen LogP contribution in [0.25, 0.3) is 0 Å². The van der Waals surface area contributed by atoms with Gasteiger partial charge in [0.15, 0.2) is 0 Å². The van der Waals surface area contributed by atoms with Gasteiger partial charge < -0.3 is 10.6 Å². The molecule has 3 nitrogen and oxygen atoms in total. The Labute approximate surface area is 87.2 Å². The summed E-state index contributed by atoms with van der Waals surface area (Å²) in [6.07, 6.45) is 5.55. The van der Waals surface area contributed by atoms with Gasteiger partial charge in [0.25, 0.3) is 0 Å². The summed E-state index contributed by atoms with van der Waals surface area (Å²) in [5, 5.41) is 6.85. The average molecular weight is 197 g/mol. The van der Waals surface area contributed by atoms with Crippen LogP contribution in [0.5, 0.6) is 0 Å². The minimum absolute atomic E-state index is 0.767. The van der Waals surface area contributed by atoms with Crippen molar-refractivity contribution in [3.8, 4) is 0 Å². The highest BCUT2D eigenvalue weighted by Crippen LogP contribution is 2.23. The fraction of sp³-hybridized carbons (Fsp3) is 1.00. The second-order valence-corrected chi connectivity index (χ2v) is 4.59. The zero-order valence-electron chi connectivity index (χ0n) is 9.26. The average Bonchev–Trinajstić information content (AvgIpc) is 2.30. The molecule has 0 radical (unpaired) electrons. The van der Waals surface area contributed by atoms with Gasteiger partial charge in [-0.25, -0.2) is 0 Å². The molecule has 0 aromatic heterocycles. The molecule has 0 spiro atoms. The van der Waals surface area contributed by atoms with E-state index in [0.29, 0.717) is 0 Å². The van der Waals surface area contributed by atoms with Crippen LogP contribution in [0.2, 0.25) is 0 Å². The van der Waals surface area contributed by atoms with Crippen LogP contribution in [0.15, 0.2) is 0 Å². The van der Waals surface area contributed by atoms with E-state index in [2.05, 4.69) is 22.6 Å². The van der Waals surface area contributed by atoms with E-state index < -0.39 is 0 Å². The molecule has 3 heteroatoms. The Kier molecular flexibility index (Phi) is 3.79. The number of piperazine rings is 1. The van der Waals surface area contributed by atoms with Gasteiger partial charge in [0.05, 0.1) is 0 Å². The van der Waals surface area contributed by atoms with E-state index >= 15 is 0 Å². The predicted octanol–water partition coefficient (Wildman–Crippen LogP) is 0.422. The number of hydrogen-bond acceptors (Lipinski definition) is 3. The SMILES string of the molecule is CN[C@@H]1CCC[C@H](N2CCNCC2)C1. The second kappa shape index (κ2) is 5.10. The monoisotopic (exact) mass is 197 g/mol. The fourth-order valence-electron chi connectivity index (χ4n) is 2.81. The van der Waals surface area contributed by atoms with Crippen LogP contribution < -0.4 is 10.6 Å². The maximum atomic E-state index is 3.43. The zero-order valence-corrected chi connectivity index (χ0v) is 9.26. The molecule has 0 bridgehead atoms. The summed E-state index contributed by atoms with van der Waals surface area (Å²) < 4.78 is 0. The van der Waals surface area contributed by atoms with Crippen molar-refractivity contribution in [2.45, 2.75) is 37.8 Å². The second-order valence-electron chi connectivity index (χ2n) is 4.59. The quantitative estimate of drug-likeness (QED) is 0.672. The first-order valence-corrected chi connectivity index (χ1v) is 6.02. The van der Waals surface area contributed by atoms with E-state index in [9.17, 15) is 0 Å². The molecule has 0 aromatic carbocycles.